The monoisotopic (exact) mass is 377 g/mol. The maximum atomic E-state index is 4.32. The van der Waals surface area contributed by atoms with Gasteiger partial charge in [0.1, 0.15) is 0 Å². The van der Waals surface area contributed by atoms with Gasteiger partial charge >= 0.3 is 0 Å². The summed E-state index contributed by atoms with van der Waals surface area (Å²) in [5, 5.41) is 8.61. The Labute approximate surface area is 169 Å². The van der Waals surface area contributed by atoms with E-state index in [-0.39, 0.29) is 0 Å². The van der Waals surface area contributed by atoms with Gasteiger partial charge in [-0.05, 0) is 37.0 Å². The van der Waals surface area contributed by atoms with Crippen molar-refractivity contribution in [1.82, 2.24) is 15.0 Å². The van der Waals surface area contributed by atoms with Crippen LogP contribution < -0.4 is 0 Å². The van der Waals surface area contributed by atoms with Crippen LogP contribution in [0.1, 0.15) is 124 Å². The summed E-state index contributed by atoms with van der Waals surface area (Å²) in [6, 6.07) is 0. The van der Waals surface area contributed by atoms with Gasteiger partial charge in [-0.3, -0.25) is 4.68 Å². The topological polar surface area (TPSA) is 30.7 Å². The predicted molar refractivity (Wildman–Crippen MR) is 118 cm³/mol. The molecule has 0 amide bonds. The molecule has 27 heavy (non-hydrogen) atoms. The van der Waals surface area contributed by atoms with Crippen molar-refractivity contribution in [3.8, 4) is 0 Å². The van der Waals surface area contributed by atoms with E-state index in [4.69, 9.17) is 0 Å². The first-order valence-electron chi connectivity index (χ1n) is 11.8. The largest absolute Gasteiger partial charge is 0.252 e. The molecule has 1 aromatic rings. The average Bonchev–Trinajstić information content (AvgIpc) is 3.03. The van der Waals surface area contributed by atoms with Crippen LogP contribution in [0.15, 0.2) is 6.20 Å². The summed E-state index contributed by atoms with van der Waals surface area (Å²) in [6.07, 6.45) is 20.9. The number of unbranched alkanes of at least 4 members (excludes halogenated alkanes) is 9. The minimum Gasteiger partial charge on any atom is -0.252 e. The van der Waals surface area contributed by atoms with Crippen molar-refractivity contribution in [2.45, 2.75) is 131 Å². The van der Waals surface area contributed by atoms with Gasteiger partial charge in [0.05, 0.1) is 5.69 Å². The van der Waals surface area contributed by atoms with E-state index in [0.29, 0.717) is 5.41 Å². The van der Waals surface area contributed by atoms with Crippen molar-refractivity contribution in [2.75, 3.05) is 0 Å². The molecule has 0 aliphatic heterocycles. The first-order valence-corrected chi connectivity index (χ1v) is 11.8. The molecule has 0 fully saturated rings. The Morgan fingerprint density at radius 2 is 1.41 bits per heavy atom. The van der Waals surface area contributed by atoms with Gasteiger partial charge in [0.15, 0.2) is 0 Å². The second kappa shape index (κ2) is 14.2. The van der Waals surface area contributed by atoms with Crippen LogP contribution in [-0.4, -0.2) is 15.0 Å². The first kappa shape index (κ1) is 24.2. The Bertz CT molecular complexity index is 456. The van der Waals surface area contributed by atoms with E-state index in [1.54, 1.807) is 0 Å². The Kier molecular flexibility index (Phi) is 12.7. The zero-order valence-electron chi connectivity index (χ0n) is 19.1. The maximum absolute atomic E-state index is 4.32. The molecule has 158 valence electrons. The van der Waals surface area contributed by atoms with Crippen LogP contribution >= 0.6 is 0 Å². The third kappa shape index (κ3) is 14.8. The molecule has 0 atom stereocenters. The molecule has 0 aliphatic rings. The van der Waals surface area contributed by atoms with Crippen LogP contribution in [0.5, 0.6) is 0 Å². The summed E-state index contributed by atoms with van der Waals surface area (Å²) in [5.74, 6) is 0.814. The fraction of sp³-hybridized carbons (Fsp3) is 0.917. The van der Waals surface area contributed by atoms with Gasteiger partial charge in [-0.1, -0.05) is 104 Å². The van der Waals surface area contributed by atoms with E-state index in [2.05, 4.69) is 51.1 Å². The number of nitrogens with zero attached hydrogens (tertiary/aromatic N) is 3. The highest BCUT2D eigenvalue weighted by Gasteiger charge is 2.08. The third-order valence-electron chi connectivity index (χ3n) is 5.36. The number of hydrogen-bond acceptors (Lipinski definition) is 2. The van der Waals surface area contributed by atoms with E-state index < -0.39 is 0 Å². The summed E-state index contributed by atoms with van der Waals surface area (Å²) in [7, 11) is 0. The highest BCUT2D eigenvalue weighted by molar-refractivity contribution is 4.92. The number of aryl methyl sites for hydroxylation is 2. The van der Waals surface area contributed by atoms with E-state index in [1.807, 2.05) is 4.68 Å². The van der Waals surface area contributed by atoms with Crippen molar-refractivity contribution >= 4 is 0 Å². The lowest BCUT2D eigenvalue weighted by Crippen LogP contribution is -2.03. The van der Waals surface area contributed by atoms with Gasteiger partial charge in [0.25, 0.3) is 0 Å². The van der Waals surface area contributed by atoms with Crippen LogP contribution in [0.2, 0.25) is 0 Å². The Morgan fingerprint density at radius 1 is 0.815 bits per heavy atom. The van der Waals surface area contributed by atoms with Crippen LogP contribution in [0.3, 0.4) is 0 Å². The lowest BCUT2D eigenvalue weighted by Gasteiger charge is -2.17. The van der Waals surface area contributed by atoms with Crippen molar-refractivity contribution in [2.24, 2.45) is 11.3 Å². The molecule has 0 aliphatic carbocycles. The Morgan fingerprint density at radius 3 is 2.00 bits per heavy atom. The zero-order chi connectivity index (χ0) is 20.0. The average molecular weight is 378 g/mol. The molecule has 1 aromatic heterocycles. The van der Waals surface area contributed by atoms with Crippen molar-refractivity contribution in [3.63, 3.8) is 0 Å². The van der Waals surface area contributed by atoms with Gasteiger partial charge in [0, 0.05) is 12.7 Å². The quantitative estimate of drug-likeness (QED) is 0.278. The van der Waals surface area contributed by atoms with Gasteiger partial charge in [-0.15, -0.1) is 5.10 Å². The van der Waals surface area contributed by atoms with Crippen LogP contribution in [-0.2, 0) is 13.0 Å². The van der Waals surface area contributed by atoms with Gasteiger partial charge in [-0.25, -0.2) is 0 Å². The normalized spacial score (nSPS) is 12.2. The smallest absolute Gasteiger partial charge is 0.0827 e. The summed E-state index contributed by atoms with van der Waals surface area (Å²) in [5.41, 5.74) is 1.68. The third-order valence-corrected chi connectivity index (χ3v) is 5.36. The lowest BCUT2D eigenvalue weighted by molar-refractivity contribution is 0.356. The Hall–Kier alpha value is -0.860. The van der Waals surface area contributed by atoms with Crippen LogP contribution in [0, 0.1) is 11.3 Å². The molecular weight excluding hydrogens is 330 g/mol. The number of aromatic nitrogens is 3. The number of rotatable bonds is 16. The van der Waals surface area contributed by atoms with E-state index >= 15 is 0 Å². The summed E-state index contributed by atoms with van der Waals surface area (Å²) < 4.78 is 2.05. The molecular formula is C24H47N3. The van der Waals surface area contributed by atoms with Gasteiger partial charge < -0.3 is 0 Å². The molecule has 0 N–H and O–H groups in total. The standard InChI is InChI=1S/C24H47N3/c1-22(2)17-13-14-18-23-21-27(26-25-23)20-16-12-10-8-6-7-9-11-15-19-24(3,4)5/h21-22H,6-20H2,1-5H3. The summed E-state index contributed by atoms with van der Waals surface area (Å²) >= 11 is 0. The molecule has 0 saturated carbocycles. The fourth-order valence-corrected chi connectivity index (χ4v) is 3.59. The molecule has 0 unspecified atom stereocenters. The van der Waals surface area contributed by atoms with Gasteiger partial charge in [0.2, 0.25) is 0 Å². The lowest BCUT2D eigenvalue weighted by atomic mass is 9.89. The van der Waals surface area contributed by atoms with E-state index in [0.717, 1.165) is 18.9 Å². The molecule has 1 heterocycles. The molecule has 3 nitrogen and oxygen atoms in total. The van der Waals surface area contributed by atoms with Gasteiger partial charge in [-0.2, -0.15) is 0 Å². The van der Waals surface area contributed by atoms with Crippen LogP contribution in [0.4, 0.5) is 0 Å². The van der Waals surface area contributed by atoms with Crippen molar-refractivity contribution in [3.05, 3.63) is 11.9 Å². The zero-order valence-corrected chi connectivity index (χ0v) is 19.1. The second-order valence-corrected chi connectivity index (χ2v) is 10.1. The molecule has 3 heteroatoms. The number of hydrogen-bond donors (Lipinski definition) is 0. The highest BCUT2D eigenvalue weighted by Crippen LogP contribution is 2.22. The van der Waals surface area contributed by atoms with Crippen molar-refractivity contribution in [1.29, 1.82) is 0 Å². The van der Waals surface area contributed by atoms with E-state index in [9.17, 15) is 0 Å². The minimum atomic E-state index is 0.513. The predicted octanol–water partition coefficient (Wildman–Crippen LogP) is 7.59. The Balaban J connectivity index is 1.91. The molecule has 0 radical (unpaired) electrons. The molecule has 0 saturated heterocycles. The summed E-state index contributed by atoms with van der Waals surface area (Å²) in [6.45, 7) is 12.7. The maximum Gasteiger partial charge on any atom is 0.0827 e. The second-order valence-electron chi connectivity index (χ2n) is 10.1. The molecule has 0 spiro atoms. The molecule has 0 aromatic carbocycles. The summed E-state index contributed by atoms with van der Waals surface area (Å²) in [4.78, 5) is 0. The molecule has 1 rings (SSSR count). The highest BCUT2D eigenvalue weighted by atomic mass is 15.4. The minimum absolute atomic E-state index is 0.513. The SMILES string of the molecule is CC(C)CCCCc1cn(CCCCCCCCCCCC(C)(C)C)nn1. The van der Waals surface area contributed by atoms with Crippen molar-refractivity contribution < 1.29 is 0 Å². The van der Waals surface area contributed by atoms with E-state index in [1.165, 1.54) is 89.2 Å². The fourth-order valence-electron chi connectivity index (χ4n) is 3.59. The molecule has 0 bridgehead atoms. The van der Waals surface area contributed by atoms with Crippen LogP contribution in [0.25, 0.3) is 0 Å². The first-order chi connectivity index (χ1) is 12.9.